The molecular formula is C23H21F3N4O. The largest absolute Gasteiger partial charge is 0.416 e. The summed E-state index contributed by atoms with van der Waals surface area (Å²) in [6.07, 6.45) is -2.92. The topological polar surface area (TPSA) is 58.1 Å². The van der Waals surface area contributed by atoms with Crippen LogP contribution in [0, 0.1) is 13.8 Å². The van der Waals surface area contributed by atoms with E-state index in [0.29, 0.717) is 29.4 Å². The summed E-state index contributed by atoms with van der Waals surface area (Å²) in [6, 6.07) is 11.9. The first-order valence-corrected chi connectivity index (χ1v) is 9.92. The number of hydrogen-bond donors (Lipinski definition) is 1. The molecule has 1 aliphatic rings. The quantitative estimate of drug-likeness (QED) is 0.567. The first kappa shape index (κ1) is 20.8. The summed E-state index contributed by atoms with van der Waals surface area (Å²) in [4.78, 5) is 23.4. The van der Waals surface area contributed by atoms with E-state index in [1.165, 1.54) is 11.0 Å². The lowest BCUT2D eigenvalue weighted by Gasteiger charge is -2.28. The van der Waals surface area contributed by atoms with Crippen LogP contribution in [-0.4, -0.2) is 22.5 Å². The number of rotatable bonds is 2. The molecule has 4 rings (SSSR count). The maximum atomic E-state index is 13.1. The van der Waals surface area contributed by atoms with Crippen molar-refractivity contribution in [3.63, 3.8) is 0 Å². The molecule has 31 heavy (non-hydrogen) atoms. The molecule has 3 aromatic rings. The van der Waals surface area contributed by atoms with Crippen LogP contribution >= 0.6 is 0 Å². The number of nitrogens with one attached hydrogen (secondary N) is 1. The van der Waals surface area contributed by atoms with E-state index in [4.69, 9.17) is 0 Å². The predicted octanol–water partition coefficient (Wildman–Crippen LogP) is 5.76. The molecule has 2 aromatic heterocycles. The predicted molar refractivity (Wildman–Crippen MR) is 113 cm³/mol. The molecular weight excluding hydrogens is 405 g/mol. The van der Waals surface area contributed by atoms with Crippen molar-refractivity contribution in [3.8, 4) is 11.3 Å². The van der Waals surface area contributed by atoms with Crippen molar-refractivity contribution in [2.75, 3.05) is 16.8 Å². The van der Waals surface area contributed by atoms with Gasteiger partial charge in [0.05, 0.1) is 11.3 Å². The Kier molecular flexibility index (Phi) is 5.39. The molecule has 0 saturated carbocycles. The number of aromatic nitrogens is 2. The highest BCUT2D eigenvalue weighted by Crippen LogP contribution is 2.33. The SMILES string of the molecule is Cc1cc(C)nc(NC(=O)N2CCCc3ccc(-c4cccc(C(F)(F)F)c4)nc32)c1. The highest BCUT2D eigenvalue weighted by Gasteiger charge is 2.31. The Hall–Kier alpha value is -3.42. The number of hydrogen-bond acceptors (Lipinski definition) is 3. The van der Waals surface area contributed by atoms with Crippen molar-refractivity contribution >= 4 is 17.7 Å². The van der Waals surface area contributed by atoms with Gasteiger partial charge in [0.2, 0.25) is 0 Å². The second-order valence-corrected chi connectivity index (χ2v) is 7.61. The number of halogens is 3. The lowest BCUT2D eigenvalue weighted by molar-refractivity contribution is -0.137. The molecule has 160 valence electrons. The molecule has 0 radical (unpaired) electrons. The van der Waals surface area contributed by atoms with Crippen molar-refractivity contribution < 1.29 is 18.0 Å². The molecule has 0 fully saturated rings. The van der Waals surface area contributed by atoms with E-state index in [0.717, 1.165) is 41.8 Å². The normalized spacial score (nSPS) is 13.6. The Morgan fingerprint density at radius 3 is 2.61 bits per heavy atom. The average Bonchev–Trinajstić information content (AvgIpc) is 2.71. The number of urea groups is 1. The zero-order chi connectivity index (χ0) is 22.2. The van der Waals surface area contributed by atoms with Gasteiger partial charge in [-0.1, -0.05) is 18.2 Å². The third-order valence-corrected chi connectivity index (χ3v) is 5.10. The van der Waals surface area contributed by atoms with Gasteiger partial charge < -0.3 is 0 Å². The van der Waals surface area contributed by atoms with Gasteiger partial charge in [-0.05, 0) is 68.1 Å². The number of alkyl halides is 3. The fourth-order valence-electron chi connectivity index (χ4n) is 3.74. The van der Waals surface area contributed by atoms with Crippen LogP contribution in [0.25, 0.3) is 11.3 Å². The summed E-state index contributed by atoms with van der Waals surface area (Å²) in [6.45, 7) is 4.23. The molecule has 0 unspecified atom stereocenters. The third kappa shape index (κ3) is 4.52. The molecule has 1 aromatic carbocycles. The minimum absolute atomic E-state index is 0.347. The molecule has 0 aliphatic carbocycles. The first-order chi connectivity index (χ1) is 14.7. The summed E-state index contributed by atoms with van der Waals surface area (Å²) in [7, 11) is 0. The van der Waals surface area contributed by atoms with Crippen LogP contribution in [0.3, 0.4) is 0 Å². The molecule has 0 spiro atoms. The van der Waals surface area contributed by atoms with Crippen molar-refractivity contribution in [1.29, 1.82) is 0 Å². The van der Waals surface area contributed by atoms with Gasteiger partial charge in [0.25, 0.3) is 0 Å². The molecule has 3 heterocycles. The number of pyridine rings is 2. The summed E-state index contributed by atoms with van der Waals surface area (Å²) in [5.41, 5.74) is 2.64. The van der Waals surface area contributed by atoms with E-state index in [9.17, 15) is 18.0 Å². The van der Waals surface area contributed by atoms with Crippen LogP contribution in [0.1, 0.15) is 28.8 Å². The maximum absolute atomic E-state index is 13.1. The molecule has 0 bridgehead atoms. The summed E-state index contributed by atoms with van der Waals surface area (Å²) in [5.74, 6) is 0.909. The number of carbonyl (C=O) groups is 1. The fourth-order valence-corrected chi connectivity index (χ4v) is 3.74. The van der Waals surface area contributed by atoms with Gasteiger partial charge in [0, 0.05) is 17.8 Å². The number of nitrogens with zero attached hydrogens (tertiary/aromatic N) is 3. The van der Waals surface area contributed by atoms with E-state index in [-0.39, 0.29) is 6.03 Å². The number of anilines is 2. The van der Waals surface area contributed by atoms with E-state index in [1.807, 2.05) is 26.0 Å². The van der Waals surface area contributed by atoms with E-state index in [1.54, 1.807) is 18.2 Å². The zero-order valence-corrected chi connectivity index (χ0v) is 17.1. The van der Waals surface area contributed by atoms with Crippen LogP contribution in [0.5, 0.6) is 0 Å². The summed E-state index contributed by atoms with van der Waals surface area (Å²) >= 11 is 0. The minimum Gasteiger partial charge on any atom is -0.292 e. The van der Waals surface area contributed by atoms with Gasteiger partial charge in [0.1, 0.15) is 11.6 Å². The fraction of sp³-hybridized carbons (Fsp3) is 0.261. The number of fused-ring (bicyclic) bond motifs is 1. The smallest absolute Gasteiger partial charge is 0.292 e. The number of benzene rings is 1. The Labute approximate surface area is 178 Å². The Bertz CT molecular complexity index is 1120. The Morgan fingerprint density at radius 1 is 1.06 bits per heavy atom. The standard InChI is InChI=1S/C23H21F3N4O/c1-14-11-15(2)27-20(12-14)29-22(31)30-10-4-6-16-8-9-19(28-21(16)30)17-5-3-7-18(13-17)23(24,25)26/h3,5,7-9,11-13H,4,6,10H2,1-2H3,(H,27,29,31). The molecule has 8 heteroatoms. The highest BCUT2D eigenvalue weighted by atomic mass is 19.4. The second-order valence-electron chi connectivity index (χ2n) is 7.61. The molecule has 2 amide bonds. The molecule has 5 nitrogen and oxygen atoms in total. The Morgan fingerprint density at radius 2 is 1.87 bits per heavy atom. The van der Waals surface area contributed by atoms with Crippen molar-refractivity contribution in [1.82, 2.24) is 9.97 Å². The monoisotopic (exact) mass is 426 g/mol. The Balaban J connectivity index is 1.66. The van der Waals surface area contributed by atoms with Gasteiger partial charge in [-0.25, -0.2) is 14.8 Å². The van der Waals surface area contributed by atoms with Crippen molar-refractivity contribution in [2.45, 2.75) is 32.9 Å². The van der Waals surface area contributed by atoms with Gasteiger partial charge >= 0.3 is 12.2 Å². The number of carbonyl (C=O) groups excluding carboxylic acids is 1. The van der Waals surface area contributed by atoms with E-state index in [2.05, 4.69) is 15.3 Å². The van der Waals surface area contributed by atoms with Crippen molar-refractivity contribution in [3.05, 3.63) is 70.9 Å². The minimum atomic E-state index is -4.44. The van der Waals surface area contributed by atoms with Crippen molar-refractivity contribution in [2.24, 2.45) is 0 Å². The molecule has 0 saturated heterocycles. The number of aryl methyl sites for hydroxylation is 3. The zero-order valence-electron chi connectivity index (χ0n) is 17.1. The van der Waals surface area contributed by atoms with Crippen LogP contribution in [0.4, 0.5) is 29.6 Å². The van der Waals surface area contributed by atoms with Gasteiger partial charge in [-0.15, -0.1) is 0 Å². The first-order valence-electron chi connectivity index (χ1n) is 9.92. The second kappa shape index (κ2) is 8.02. The van der Waals surface area contributed by atoms with Gasteiger partial charge in [0.15, 0.2) is 0 Å². The third-order valence-electron chi connectivity index (χ3n) is 5.10. The van der Waals surface area contributed by atoms with Gasteiger partial charge in [-0.2, -0.15) is 13.2 Å². The lowest BCUT2D eigenvalue weighted by Crippen LogP contribution is -2.39. The molecule has 1 aliphatic heterocycles. The van der Waals surface area contributed by atoms with Crippen LogP contribution in [-0.2, 0) is 12.6 Å². The number of amides is 2. The summed E-state index contributed by atoms with van der Waals surface area (Å²) < 4.78 is 39.3. The molecule has 0 atom stereocenters. The lowest BCUT2D eigenvalue weighted by atomic mass is 10.0. The van der Waals surface area contributed by atoms with Crippen LogP contribution in [0.2, 0.25) is 0 Å². The van der Waals surface area contributed by atoms with Crippen LogP contribution < -0.4 is 10.2 Å². The van der Waals surface area contributed by atoms with E-state index >= 15 is 0 Å². The summed E-state index contributed by atoms with van der Waals surface area (Å²) in [5, 5.41) is 2.81. The van der Waals surface area contributed by atoms with Crippen LogP contribution in [0.15, 0.2) is 48.5 Å². The van der Waals surface area contributed by atoms with Gasteiger partial charge in [-0.3, -0.25) is 10.2 Å². The highest BCUT2D eigenvalue weighted by molar-refractivity contribution is 6.01. The molecule has 1 N–H and O–H groups in total. The average molecular weight is 426 g/mol. The van der Waals surface area contributed by atoms with E-state index < -0.39 is 11.7 Å². The maximum Gasteiger partial charge on any atom is 0.416 e.